The number of nitrogens with one attached hydrogen (secondary N) is 1. The summed E-state index contributed by atoms with van der Waals surface area (Å²) in [5.41, 5.74) is 7.17. The van der Waals surface area contributed by atoms with Gasteiger partial charge in [-0.3, -0.25) is 14.6 Å². The SMILES string of the molecule is CC[C@H]1CN(c2nc(N)c(C(=O)NC)nc2Cl)CCN1C1CCN([C@H](CO)c2ccc(Cl)cc2)CC1. The smallest absolute Gasteiger partial charge is 0.273 e. The first-order valence-corrected chi connectivity index (χ1v) is 13.3. The van der Waals surface area contributed by atoms with Crippen molar-refractivity contribution in [3.05, 3.63) is 45.7 Å². The highest BCUT2D eigenvalue weighted by atomic mass is 35.5. The van der Waals surface area contributed by atoms with Crippen LogP contribution in [0, 0.1) is 0 Å². The Morgan fingerprint density at radius 3 is 2.47 bits per heavy atom. The Balaban J connectivity index is 1.40. The predicted octanol–water partition coefficient (Wildman–Crippen LogP) is 2.82. The van der Waals surface area contributed by atoms with Crippen molar-refractivity contribution in [1.82, 2.24) is 25.1 Å². The van der Waals surface area contributed by atoms with Crippen LogP contribution in [-0.2, 0) is 0 Å². The van der Waals surface area contributed by atoms with E-state index in [1.807, 2.05) is 24.3 Å². The molecule has 1 amide bonds. The van der Waals surface area contributed by atoms with Crippen molar-refractivity contribution in [3.63, 3.8) is 0 Å². The molecule has 2 aliphatic heterocycles. The molecule has 2 saturated heterocycles. The third-order valence-corrected chi connectivity index (χ3v) is 7.95. The van der Waals surface area contributed by atoms with E-state index in [2.05, 4.69) is 36.9 Å². The zero-order valence-corrected chi connectivity index (χ0v) is 22.3. The lowest BCUT2D eigenvalue weighted by molar-refractivity contribution is 0.0356. The molecule has 0 aliphatic carbocycles. The molecule has 2 aliphatic rings. The van der Waals surface area contributed by atoms with Crippen LogP contribution in [0.25, 0.3) is 0 Å². The lowest BCUT2D eigenvalue weighted by Crippen LogP contribution is -2.58. The first-order valence-electron chi connectivity index (χ1n) is 12.5. The first kappa shape index (κ1) is 26.9. The van der Waals surface area contributed by atoms with Crippen LogP contribution >= 0.6 is 23.2 Å². The summed E-state index contributed by atoms with van der Waals surface area (Å²) >= 11 is 12.5. The van der Waals surface area contributed by atoms with Gasteiger partial charge in [0.05, 0.1) is 12.6 Å². The third kappa shape index (κ3) is 5.70. The van der Waals surface area contributed by atoms with E-state index in [4.69, 9.17) is 28.9 Å². The summed E-state index contributed by atoms with van der Waals surface area (Å²) in [4.78, 5) is 27.8. The molecule has 1 aromatic carbocycles. The van der Waals surface area contributed by atoms with Crippen molar-refractivity contribution in [3.8, 4) is 0 Å². The van der Waals surface area contributed by atoms with E-state index in [0.717, 1.165) is 57.5 Å². The van der Waals surface area contributed by atoms with Gasteiger partial charge < -0.3 is 21.1 Å². The van der Waals surface area contributed by atoms with E-state index in [9.17, 15) is 9.90 Å². The summed E-state index contributed by atoms with van der Waals surface area (Å²) in [6.45, 7) is 6.58. The van der Waals surface area contributed by atoms with Gasteiger partial charge in [-0.1, -0.05) is 42.3 Å². The summed E-state index contributed by atoms with van der Waals surface area (Å²) < 4.78 is 0. The average molecular weight is 537 g/mol. The van der Waals surface area contributed by atoms with Gasteiger partial charge in [0.2, 0.25) is 0 Å². The van der Waals surface area contributed by atoms with Gasteiger partial charge in [-0.15, -0.1) is 0 Å². The van der Waals surface area contributed by atoms with Gasteiger partial charge in [-0.25, -0.2) is 9.97 Å². The zero-order valence-electron chi connectivity index (χ0n) is 20.8. The summed E-state index contributed by atoms with van der Waals surface area (Å²) in [6.07, 6.45) is 3.10. The van der Waals surface area contributed by atoms with Crippen molar-refractivity contribution < 1.29 is 9.90 Å². The predicted molar refractivity (Wildman–Crippen MR) is 144 cm³/mol. The number of benzene rings is 1. The maximum absolute atomic E-state index is 12.0. The Labute approximate surface area is 222 Å². The molecule has 11 heteroatoms. The second kappa shape index (κ2) is 11.9. The molecule has 9 nitrogen and oxygen atoms in total. The molecular formula is C25H35Cl2N7O2. The van der Waals surface area contributed by atoms with E-state index < -0.39 is 5.91 Å². The van der Waals surface area contributed by atoms with Crippen LogP contribution in [0.1, 0.15) is 48.3 Å². The van der Waals surface area contributed by atoms with Crippen LogP contribution in [0.5, 0.6) is 0 Å². The quantitative estimate of drug-likeness (QED) is 0.496. The number of likely N-dealkylation sites (tertiary alicyclic amines) is 1. The molecule has 36 heavy (non-hydrogen) atoms. The van der Waals surface area contributed by atoms with Crippen LogP contribution in [-0.4, -0.2) is 89.2 Å². The molecule has 0 spiro atoms. The van der Waals surface area contributed by atoms with Gasteiger partial charge >= 0.3 is 0 Å². The number of halogens is 2. The number of aliphatic hydroxyl groups excluding tert-OH is 1. The van der Waals surface area contributed by atoms with Crippen LogP contribution in [0.3, 0.4) is 0 Å². The molecule has 1 aromatic heterocycles. The van der Waals surface area contributed by atoms with Gasteiger partial charge in [-0.2, -0.15) is 0 Å². The van der Waals surface area contributed by atoms with Crippen molar-refractivity contribution in [2.24, 2.45) is 0 Å². The highest BCUT2D eigenvalue weighted by Gasteiger charge is 2.35. The molecule has 2 aromatic rings. The number of amides is 1. The molecule has 0 radical (unpaired) electrons. The molecule has 4 N–H and O–H groups in total. The fraction of sp³-hybridized carbons (Fsp3) is 0.560. The van der Waals surface area contributed by atoms with E-state index in [-0.39, 0.29) is 29.3 Å². The van der Waals surface area contributed by atoms with Gasteiger partial charge in [-0.05, 0) is 37.0 Å². The largest absolute Gasteiger partial charge is 0.394 e. The van der Waals surface area contributed by atoms with Crippen LogP contribution in [0.15, 0.2) is 24.3 Å². The number of aromatic nitrogens is 2. The lowest BCUT2D eigenvalue weighted by Gasteiger charge is -2.48. The minimum absolute atomic E-state index is 0.00836. The van der Waals surface area contributed by atoms with E-state index in [0.29, 0.717) is 22.9 Å². The lowest BCUT2D eigenvalue weighted by atomic mass is 9.96. The molecule has 0 bridgehead atoms. The Morgan fingerprint density at radius 2 is 1.86 bits per heavy atom. The Kier molecular flexibility index (Phi) is 8.90. The van der Waals surface area contributed by atoms with Crippen LogP contribution in [0.2, 0.25) is 10.2 Å². The number of nitrogens with zero attached hydrogens (tertiary/aromatic N) is 5. The number of hydrogen-bond donors (Lipinski definition) is 3. The minimum Gasteiger partial charge on any atom is -0.394 e. The fourth-order valence-corrected chi connectivity index (χ4v) is 5.83. The number of carbonyl (C=O) groups is 1. The highest BCUT2D eigenvalue weighted by Crippen LogP contribution is 2.31. The number of hydrogen-bond acceptors (Lipinski definition) is 8. The number of nitrogen functional groups attached to an aromatic ring is 1. The monoisotopic (exact) mass is 535 g/mol. The molecule has 4 rings (SSSR count). The number of anilines is 2. The summed E-state index contributed by atoms with van der Waals surface area (Å²) in [5.74, 6) is 0.203. The molecule has 3 heterocycles. The van der Waals surface area contributed by atoms with Gasteiger partial charge in [0, 0.05) is 56.9 Å². The number of rotatable bonds is 7. The fourth-order valence-electron chi connectivity index (χ4n) is 5.46. The number of nitrogens with two attached hydrogens (primary N) is 1. The number of piperidine rings is 1. The molecule has 2 atom stereocenters. The van der Waals surface area contributed by atoms with Crippen molar-refractivity contribution in [1.29, 1.82) is 0 Å². The topological polar surface area (TPSA) is 111 Å². The average Bonchev–Trinajstić information content (AvgIpc) is 2.91. The van der Waals surface area contributed by atoms with E-state index in [1.165, 1.54) is 7.05 Å². The Morgan fingerprint density at radius 1 is 1.17 bits per heavy atom. The van der Waals surface area contributed by atoms with Gasteiger partial charge in [0.1, 0.15) is 0 Å². The molecule has 0 unspecified atom stereocenters. The van der Waals surface area contributed by atoms with Crippen LogP contribution in [0.4, 0.5) is 11.6 Å². The van der Waals surface area contributed by atoms with Crippen molar-refractivity contribution >= 4 is 40.7 Å². The maximum atomic E-state index is 12.0. The standard InChI is InChI=1S/C25H35Cl2N7O2/c1-3-18-14-33(24-22(27)30-21(23(28)31-24)25(36)29-2)12-13-34(18)19-8-10-32(11-9-19)20(15-35)16-4-6-17(26)7-5-16/h4-7,18-20,35H,3,8-15H2,1-2H3,(H2,28,31)(H,29,36)/t18-,20+/m0/s1. The number of aliphatic hydroxyl groups is 1. The van der Waals surface area contributed by atoms with Crippen molar-refractivity contribution in [2.75, 3.05) is 57.0 Å². The van der Waals surface area contributed by atoms with Gasteiger partial charge in [0.25, 0.3) is 5.91 Å². The third-order valence-electron chi connectivity index (χ3n) is 7.44. The summed E-state index contributed by atoms with van der Waals surface area (Å²) in [6, 6.07) is 8.60. The highest BCUT2D eigenvalue weighted by molar-refractivity contribution is 6.32. The second-order valence-corrected chi connectivity index (χ2v) is 10.2. The molecule has 196 valence electrons. The van der Waals surface area contributed by atoms with E-state index in [1.54, 1.807) is 0 Å². The normalized spacial score (nSPS) is 20.9. The van der Waals surface area contributed by atoms with E-state index >= 15 is 0 Å². The molecular weight excluding hydrogens is 501 g/mol. The number of piperazine rings is 1. The molecule has 2 fully saturated rings. The maximum Gasteiger partial charge on any atom is 0.273 e. The zero-order chi connectivity index (χ0) is 25.8. The van der Waals surface area contributed by atoms with Gasteiger partial charge in [0.15, 0.2) is 22.5 Å². The first-order chi connectivity index (χ1) is 17.4. The van der Waals surface area contributed by atoms with Crippen molar-refractivity contribution in [2.45, 2.75) is 44.3 Å². The Bertz CT molecular complexity index is 1050. The Hall–Kier alpha value is -2.17. The second-order valence-electron chi connectivity index (χ2n) is 9.41. The summed E-state index contributed by atoms with van der Waals surface area (Å²) in [5, 5.41) is 13.5. The minimum atomic E-state index is -0.407. The summed E-state index contributed by atoms with van der Waals surface area (Å²) in [7, 11) is 1.52. The molecule has 0 saturated carbocycles. The van der Waals surface area contributed by atoms with Crippen LogP contribution < -0.4 is 16.0 Å². The number of carbonyl (C=O) groups excluding carboxylic acids is 1.